The molecule has 0 radical (unpaired) electrons. The molecule has 0 atom stereocenters. The largest absolute Gasteiger partial charge is 0.274 e. The van der Waals surface area contributed by atoms with Gasteiger partial charge >= 0.3 is 0 Å². The third-order valence-corrected chi connectivity index (χ3v) is 3.43. The van der Waals surface area contributed by atoms with Crippen molar-refractivity contribution in [2.24, 2.45) is 0 Å². The van der Waals surface area contributed by atoms with Crippen LogP contribution in [-0.4, -0.2) is 17.5 Å². The molecular formula is C14H16N2O2S. The van der Waals surface area contributed by atoms with Gasteiger partial charge in [-0.25, -0.2) is 10.5 Å². The number of rotatable bonds is 5. The highest BCUT2D eigenvalue weighted by Gasteiger charge is 2.09. The van der Waals surface area contributed by atoms with E-state index in [1.165, 1.54) is 5.56 Å². The van der Waals surface area contributed by atoms with Crippen LogP contribution in [0.4, 0.5) is 0 Å². The molecule has 0 spiro atoms. The van der Waals surface area contributed by atoms with E-state index in [-0.39, 0.29) is 12.3 Å². The molecule has 0 saturated carbocycles. The topological polar surface area (TPSA) is 51.2 Å². The Kier molecular flexibility index (Phi) is 4.65. The Morgan fingerprint density at radius 3 is 3.05 bits per heavy atom. The third-order valence-electron chi connectivity index (χ3n) is 2.49. The summed E-state index contributed by atoms with van der Waals surface area (Å²) >= 11 is 1.55. The van der Waals surface area contributed by atoms with E-state index >= 15 is 0 Å². The summed E-state index contributed by atoms with van der Waals surface area (Å²) in [6.07, 6.45) is 0.238. The van der Waals surface area contributed by atoms with Crippen LogP contribution in [0, 0.1) is 6.92 Å². The number of aromatic nitrogens is 1. The molecule has 0 aliphatic rings. The van der Waals surface area contributed by atoms with Gasteiger partial charge in [0.05, 0.1) is 18.7 Å². The van der Waals surface area contributed by atoms with Gasteiger partial charge in [0.25, 0.3) is 0 Å². The van der Waals surface area contributed by atoms with E-state index < -0.39 is 0 Å². The second-order valence-electron chi connectivity index (χ2n) is 4.15. The first kappa shape index (κ1) is 13.7. The zero-order valence-electron chi connectivity index (χ0n) is 11.0. The van der Waals surface area contributed by atoms with E-state index in [4.69, 9.17) is 4.84 Å². The molecule has 100 valence electrons. The maximum atomic E-state index is 11.5. The Hall–Kier alpha value is -1.72. The smallest absolute Gasteiger partial charge is 0.249 e. The summed E-state index contributed by atoms with van der Waals surface area (Å²) in [5.41, 5.74) is 5.41. The first-order valence-corrected chi connectivity index (χ1v) is 6.99. The second kappa shape index (κ2) is 6.45. The van der Waals surface area contributed by atoms with Crippen LogP contribution < -0.4 is 5.48 Å². The number of benzene rings is 1. The first-order valence-electron chi connectivity index (χ1n) is 6.11. The van der Waals surface area contributed by atoms with Crippen LogP contribution in [0.5, 0.6) is 0 Å². The van der Waals surface area contributed by atoms with Crippen molar-refractivity contribution < 1.29 is 9.63 Å². The summed E-state index contributed by atoms with van der Waals surface area (Å²) in [4.78, 5) is 20.8. The predicted octanol–water partition coefficient (Wildman–Crippen LogP) is 2.73. The van der Waals surface area contributed by atoms with Crippen molar-refractivity contribution in [3.8, 4) is 10.6 Å². The fourth-order valence-electron chi connectivity index (χ4n) is 1.65. The number of carbonyl (C=O) groups is 1. The van der Waals surface area contributed by atoms with Crippen LogP contribution in [0.2, 0.25) is 0 Å². The summed E-state index contributed by atoms with van der Waals surface area (Å²) in [5.74, 6) is -0.178. The zero-order valence-corrected chi connectivity index (χ0v) is 11.8. The number of nitrogens with zero attached hydrogens (tertiary/aromatic N) is 1. The Bertz CT molecular complexity index is 566. The van der Waals surface area contributed by atoms with Crippen LogP contribution in [0.15, 0.2) is 29.6 Å². The van der Waals surface area contributed by atoms with Gasteiger partial charge in [-0.15, -0.1) is 11.3 Å². The lowest BCUT2D eigenvalue weighted by atomic mass is 10.1. The lowest BCUT2D eigenvalue weighted by Crippen LogP contribution is -2.25. The quantitative estimate of drug-likeness (QED) is 0.854. The molecule has 2 aromatic rings. The number of carbonyl (C=O) groups excluding carboxylic acids is 1. The molecule has 4 nitrogen and oxygen atoms in total. The van der Waals surface area contributed by atoms with Gasteiger partial charge in [0.15, 0.2) is 0 Å². The van der Waals surface area contributed by atoms with Gasteiger partial charge in [-0.1, -0.05) is 23.8 Å². The third kappa shape index (κ3) is 3.87. The second-order valence-corrected chi connectivity index (χ2v) is 5.01. The first-order chi connectivity index (χ1) is 9.19. The van der Waals surface area contributed by atoms with Gasteiger partial charge in [0.2, 0.25) is 5.91 Å². The Morgan fingerprint density at radius 1 is 1.47 bits per heavy atom. The van der Waals surface area contributed by atoms with Crippen molar-refractivity contribution in [1.82, 2.24) is 10.5 Å². The zero-order chi connectivity index (χ0) is 13.7. The number of amides is 1. The van der Waals surface area contributed by atoms with Crippen LogP contribution in [0.3, 0.4) is 0 Å². The molecule has 0 aliphatic heterocycles. The highest BCUT2D eigenvalue weighted by molar-refractivity contribution is 7.13. The molecule has 0 saturated heterocycles. The summed E-state index contributed by atoms with van der Waals surface area (Å²) in [6.45, 7) is 4.32. The van der Waals surface area contributed by atoms with Crippen LogP contribution in [0.1, 0.15) is 18.2 Å². The summed E-state index contributed by atoms with van der Waals surface area (Å²) in [7, 11) is 0. The van der Waals surface area contributed by atoms with Gasteiger partial charge in [0, 0.05) is 10.9 Å². The molecule has 2 rings (SSSR count). The standard InChI is InChI=1S/C14H16N2O2S/c1-3-18-16-13(17)8-12-9-19-14(15-12)11-6-4-5-10(2)7-11/h4-7,9H,3,8H2,1-2H3,(H,16,17). The Labute approximate surface area is 116 Å². The van der Waals surface area contributed by atoms with E-state index in [1.54, 1.807) is 11.3 Å². The molecule has 0 bridgehead atoms. The van der Waals surface area contributed by atoms with Crippen molar-refractivity contribution in [3.63, 3.8) is 0 Å². The van der Waals surface area contributed by atoms with E-state index in [2.05, 4.69) is 16.5 Å². The SMILES string of the molecule is CCONC(=O)Cc1csc(-c2cccc(C)c2)n1. The number of hydroxylamine groups is 1. The lowest BCUT2D eigenvalue weighted by Gasteiger charge is -2.01. The highest BCUT2D eigenvalue weighted by atomic mass is 32.1. The molecule has 0 aliphatic carbocycles. The molecule has 0 unspecified atom stereocenters. The van der Waals surface area contributed by atoms with Crippen molar-refractivity contribution in [2.45, 2.75) is 20.3 Å². The summed E-state index contributed by atoms with van der Waals surface area (Å²) < 4.78 is 0. The molecular weight excluding hydrogens is 260 g/mol. The number of hydrogen-bond acceptors (Lipinski definition) is 4. The lowest BCUT2D eigenvalue weighted by molar-refractivity contribution is -0.132. The van der Waals surface area contributed by atoms with Crippen molar-refractivity contribution >= 4 is 17.2 Å². The van der Waals surface area contributed by atoms with Crippen molar-refractivity contribution in [3.05, 3.63) is 40.9 Å². The average Bonchev–Trinajstić information content (AvgIpc) is 2.85. The maximum absolute atomic E-state index is 11.5. The minimum atomic E-state index is -0.178. The van der Waals surface area contributed by atoms with Crippen LogP contribution in [-0.2, 0) is 16.1 Å². The van der Waals surface area contributed by atoms with Gasteiger partial charge in [-0.2, -0.15) is 0 Å². The molecule has 1 aromatic carbocycles. The normalized spacial score (nSPS) is 10.4. The fourth-order valence-corrected chi connectivity index (χ4v) is 2.47. The van der Waals surface area contributed by atoms with E-state index in [0.717, 1.165) is 16.3 Å². The molecule has 1 amide bonds. The minimum absolute atomic E-state index is 0.178. The predicted molar refractivity (Wildman–Crippen MR) is 75.8 cm³/mol. The highest BCUT2D eigenvalue weighted by Crippen LogP contribution is 2.24. The van der Waals surface area contributed by atoms with Gasteiger partial charge in [0.1, 0.15) is 5.01 Å². The maximum Gasteiger partial charge on any atom is 0.249 e. The molecule has 5 heteroatoms. The van der Waals surface area contributed by atoms with E-state index in [1.807, 2.05) is 37.4 Å². The van der Waals surface area contributed by atoms with E-state index in [0.29, 0.717) is 6.61 Å². The molecule has 1 N–H and O–H groups in total. The average molecular weight is 276 g/mol. The summed E-state index contributed by atoms with van der Waals surface area (Å²) in [5, 5.41) is 2.84. The molecule has 1 aromatic heterocycles. The van der Waals surface area contributed by atoms with E-state index in [9.17, 15) is 4.79 Å². The van der Waals surface area contributed by atoms with Crippen LogP contribution >= 0.6 is 11.3 Å². The van der Waals surface area contributed by atoms with Crippen molar-refractivity contribution in [2.75, 3.05) is 6.61 Å². The number of hydrogen-bond donors (Lipinski definition) is 1. The van der Waals surface area contributed by atoms with Gasteiger partial charge < -0.3 is 0 Å². The number of thiazole rings is 1. The minimum Gasteiger partial charge on any atom is -0.274 e. The Morgan fingerprint density at radius 2 is 2.32 bits per heavy atom. The van der Waals surface area contributed by atoms with Gasteiger partial charge in [-0.05, 0) is 19.9 Å². The Balaban J connectivity index is 2.05. The molecule has 0 fully saturated rings. The van der Waals surface area contributed by atoms with Gasteiger partial charge in [-0.3, -0.25) is 9.63 Å². The van der Waals surface area contributed by atoms with Crippen molar-refractivity contribution in [1.29, 1.82) is 0 Å². The number of nitrogens with one attached hydrogen (secondary N) is 1. The van der Waals surface area contributed by atoms with Crippen LogP contribution in [0.25, 0.3) is 10.6 Å². The molecule has 19 heavy (non-hydrogen) atoms. The molecule has 1 heterocycles. The number of aryl methyl sites for hydroxylation is 1. The summed E-state index contributed by atoms with van der Waals surface area (Å²) in [6, 6.07) is 8.17. The fraction of sp³-hybridized carbons (Fsp3) is 0.286. The monoisotopic (exact) mass is 276 g/mol.